The van der Waals surface area contributed by atoms with Gasteiger partial charge in [0, 0.05) is 6.42 Å². The van der Waals surface area contributed by atoms with E-state index in [4.69, 9.17) is 15.9 Å². The quantitative estimate of drug-likeness (QED) is 0.420. The highest BCUT2D eigenvalue weighted by Crippen LogP contribution is 1.91. The Morgan fingerprint density at radius 1 is 1.67 bits per heavy atom. The summed E-state index contributed by atoms with van der Waals surface area (Å²) >= 11 is 0. The fraction of sp³-hybridized carbons (Fsp3) is 0.800. The molecule has 2 unspecified atom stereocenters. The topological polar surface area (TPSA) is 83.6 Å². The Hall–Kier alpha value is -0.450. The van der Waals surface area contributed by atoms with Crippen LogP contribution in [0.15, 0.2) is 0 Å². The number of rotatable bonds is 4. The maximum atomic E-state index is 9.61. The van der Waals surface area contributed by atoms with Crippen LogP contribution in [0.1, 0.15) is 6.42 Å². The van der Waals surface area contributed by atoms with Gasteiger partial charge in [0.2, 0.25) is 6.29 Å². The highest BCUT2D eigenvalue weighted by molar-refractivity contribution is 5.51. The van der Waals surface area contributed by atoms with Crippen LogP contribution >= 0.6 is 0 Å². The van der Waals surface area contributed by atoms with Gasteiger partial charge in [-0.1, -0.05) is 0 Å². The van der Waals surface area contributed by atoms with Crippen LogP contribution in [0.25, 0.3) is 0 Å². The van der Waals surface area contributed by atoms with Gasteiger partial charge in [0.1, 0.15) is 0 Å². The molecule has 0 aromatic rings. The third-order valence-corrected chi connectivity index (χ3v) is 0.998. The van der Waals surface area contributed by atoms with Gasteiger partial charge in [0.15, 0.2) is 0 Å². The van der Waals surface area contributed by atoms with Crippen LogP contribution < -0.4 is 5.73 Å². The van der Waals surface area contributed by atoms with Gasteiger partial charge in [0.05, 0.1) is 18.8 Å². The van der Waals surface area contributed by atoms with Crippen LogP contribution in [0.5, 0.6) is 0 Å². The molecule has 4 heteroatoms. The molecule has 0 aromatic carbocycles. The second-order valence-corrected chi connectivity index (χ2v) is 1.76. The normalized spacial score (nSPS) is 16.8. The molecule has 0 fully saturated rings. The van der Waals surface area contributed by atoms with Crippen molar-refractivity contribution in [2.24, 2.45) is 5.73 Å². The Morgan fingerprint density at radius 3 is 2.56 bits per heavy atom. The zero-order chi connectivity index (χ0) is 7.28. The first-order valence-electron chi connectivity index (χ1n) is 2.62. The molecule has 0 bridgehead atoms. The predicted molar refractivity (Wildman–Crippen MR) is 31.4 cm³/mol. The number of carbonyl (C=O) groups excluding carboxylic acids is 1. The Balaban J connectivity index is 3.44. The van der Waals surface area contributed by atoms with Crippen LogP contribution in [-0.2, 0) is 4.79 Å². The van der Waals surface area contributed by atoms with E-state index in [-0.39, 0.29) is 13.0 Å². The second kappa shape index (κ2) is 4.43. The molecular formula is C5H10NO3. The molecular weight excluding hydrogens is 122 g/mol. The first kappa shape index (κ1) is 8.55. The molecule has 2 atom stereocenters. The van der Waals surface area contributed by atoms with Crippen molar-refractivity contribution in [1.29, 1.82) is 0 Å². The molecule has 0 spiro atoms. The van der Waals surface area contributed by atoms with Gasteiger partial charge in [-0.3, -0.25) is 4.79 Å². The summed E-state index contributed by atoms with van der Waals surface area (Å²) < 4.78 is 0. The molecule has 0 rings (SSSR count). The van der Waals surface area contributed by atoms with Crippen molar-refractivity contribution < 1.29 is 15.0 Å². The van der Waals surface area contributed by atoms with E-state index in [0.29, 0.717) is 0 Å². The Kier molecular flexibility index (Phi) is 4.21. The number of hydrogen-bond donors (Lipinski definition) is 3. The minimum absolute atomic E-state index is 0.137. The minimum Gasteiger partial charge on any atom is -0.395 e. The smallest absolute Gasteiger partial charge is 0.201 e. The van der Waals surface area contributed by atoms with Crippen LogP contribution in [0, 0.1) is 0 Å². The summed E-state index contributed by atoms with van der Waals surface area (Å²) in [5.41, 5.74) is 5.12. The Morgan fingerprint density at radius 2 is 2.22 bits per heavy atom. The van der Waals surface area contributed by atoms with Crippen LogP contribution in [0.4, 0.5) is 0 Å². The number of aliphatic hydroxyl groups excluding tert-OH is 2. The SMILES string of the molecule is NC(CO)C(O)C[C]=O. The van der Waals surface area contributed by atoms with Gasteiger partial charge >= 0.3 is 0 Å². The maximum Gasteiger partial charge on any atom is 0.201 e. The van der Waals surface area contributed by atoms with Crippen molar-refractivity contribution in [2.45, 2.75) is 18.6 Å². The number of aliphatic hydroxyl groups is 2. The lowest BCUT2D eigenvalue weighted by atomic mass is 10.1. The monoisotopic (exact) mass is 132 g/mol. The summed E-state index contributed by atoms with van der Waals surface area (Å²) in [5, 5.41) is 17.1. The molecule has 4 nitrogen and oxygen atoms in total. The summed E-state index contributed by atoms with van der Waals surface area (Å²) in [6.45, 7) is -0.317. The van der Waals surface area contributed by atoms with E-state index < -0.39 is 12.1 Å². The molecule has 4 N–H and O–H groups in total. The van der Waals surface area contributed by atoms with Crippen molar-refractivity contribution in [3.8, 4) is 0 Å². The lowest BCUT2D eigenvalue weighted by Crippen LogP contribution is -2.37. The van der Waals surface area contributed by atoms with Gasteiger partial charge in [-0.2, -0.15) is 0 Å². The molecule has 0 amide bonds. The largest absolute Gasteiger partial charge is 0.395 e. The third-order valence-electron chi connectivity index (χ3n) is 0.998. The summed E-state index contributed by atoms with van der Waals surface area (Å²) in [6.07, 6.45) is 0.389. The maximum absolute atomic E-state index is 9.61. The van der Waals surface area contributed by atoms with Crippen molar-refractivity contribution in [3.05, 3.63) is 0 Å². The first-order valence-corrected chi connectivity index (χ1v) is 2.62. The number of nitrogens with two attached hydrogens (primary N) is 1. The Bertz CT molecular complexity index is 86.3. The molecule has 0 aliphatic rings. The molecule has 0 aliphatic carbocycles. The second-order valence-electron chi connectivity index (χ2n) is 1.76. The van der Waals surface area contributed by atoms with E-state index in [1.54, 1.807) is 0 Å². The van der Waals surface area contributed by atoms with Crippen LogP contribution in [-0.4, -0.2) is 35.3 Å². The first-order chi connectivity index (χ1) is 4.22. The lowest BCUT2D eigenvalue weighted by Gasteiger charge is -2.11. The van der Waals surface area contributed by atoms with Crippen molar-refractivity contribution >= 4 is 6.29 Å². The molecule has 1 radical (unpaired) electrons. The number of hydrogen-bond acceptors (Lipinski definition) is 4. The summed E-state index contributed by atoms with van der Waals surface area (Å²) in [5.74, 6) is 0. The van der Waals surface area contributed by atoms with Crippen molar-refractivity contribution in [1.82, 2.24) is 0 Å². The Labute approximate surface area is 53.3 Å². The predicted octanol–water partition coefficient (Wildman–Crippen LogP) is -1.83. The molecule has 9 heavy (non-hydrogen) atoms. The van der Waals surface area contributed by atoms with Gasteiger partial charge in [-0.15, -0.1) is 0 Å². The third kappa shape index (κ3) is 3.18. The highest BCUT2D eigenvalue weighted by Gasteiger charge is 2.12. The van der Waals surface area contributed by atoms with Gasteiger partial charge < -0.3 is 15.9 Å². The van der Waals surface area contributed by atoms with E-state index >= 15 is 0 Å². The summed E-state index contributed by atoms with van der Waals surface area (Å²) in [7, 11) is 0. The van der Waals surface area contributed by atoms with E-state index in [2.05, 4.69) is 0 Å². The minimum atomic E-state index is -0.965. The molecule has 0 aliphatic heterocycles. The molecule has 0 saturated carbocycles. The van der Waals surface area contributed by atoms with E-state index in [9.17, 15) is 4.79 Å². The lowest BCUT2D eigenvalue weighted by molar-refractivity contribution is 0.114. The van der Waals surface area contributed by atoms with E-state index in [1.807, 2.05) is 0 Å². The summed E-state index contributed by atoms with van der Waals surface area (Å²) in [6, 6.07) is -0.730. The van der Waals surface area contributed by atoms with Crippen molar-refractivity contribution in [3.63, 3.8) is 0 Å². The molecule has 0 heterocycles. The molecule has 53 valence electrons. The summed E-state index contributed by atoms with van der Waals surface area (Å²) in [4.78, 5) is 9.61. The van der Waals surface area contributed by atoms with Gasteiger partial charge in [-0.05, 0) is 0 Å². The van der Waals surface area contributed by atoms with Crippen LogP contribution in [0.2, 0.25) is 0 Å². The fourth-order valence-electron chi connectivity index (χ4n) is 0.358. The average molecular weight is 132 g/mol. The van der Waals surface area contributed by atoms with E-state index in [0.717, 1.165) is 0 Å². The zero-order valence-corrected chi connectivity index (χ0v) is 4.95. The highest BCUT2D eigenvalue weighted by atomic mass is 16.3. The van der Waals surface area contributed by atoms with Gasteiger partial charge in [0.25, 0.3) is 0 Å². The van der Waals surface area contributed by atoms with Crippen molar-refractivity contribution in [2.75, 3.05) is 6.61 Å². The molecule has 0 aromatic heterocycles. The van der Waals surface area contributed by atoms with E-state index in [1.165, 1.54) is 6.29 Å². The fourth-order valence-corrected chi connectivity index (χ4v) is 0.358. The standard InChI is InChI=1S/C5H10NO3/c6-4(3-8)5(9)1-2-7/h4-5,8-9H,1,3,6H2. The van der Waals surface area contributed by atoms with Crippen LogP contribution in [0.3, 0.4) is 0 Å². The zero-order valence-electron chi connectivity index (χ0n) is 4.95. The van der Waals surface area contributed by atoms with Gasteiger partial charge in [-0.25, -0.2) is 0 Å². The average Bonchev–Trinajstić information content (AvgIpc) is 1.87. The molecule has 0 saturated heterocycles.